The molecule has 3 aromatic carbocycles. The van der Waals surface area contributed by atoms with Crippen LogP contribution in [0, 0.1) is 5.82 Å². The van der Waals surface area contributed by atoms with E-state index in [-0.39, 0.29) is 18.3 Å². The fourth-order valence-electron chi connectivity index (χ4n) is 2.89. The average molecular weight is 387 g/mol. The molecule has 0 aliphatic heterocycles. The van der Waals surface area contributed by atoms with Crippen molar-refractivity contribution < 1.29 is 13.6 Å². The molecule has 0 aliphatic rings. The van der Waals surface area contributed by atoms with E-state index in [1.54, 1.807) is 18.3 Å². The Morgan fingerprint density at radius 1 is 0.828 bits per heavy atom. The zero-order valence-electron chi connectivity index (χ0n) is 15.4. The number of hydrogen-bond acceptors (Lipinski definition) is 4. The molecule has 6 heteroatoms. The molecular formula is C23H18FN3O2. The Morgan fingerprint density at radius 3 is 2.03 bits per heavy atom. The predicted molar refractivity (Wildman–Crippen MR) is 111 cm³/mol. The van der Waals surface area contributed by atoms with Crippen molar-refractivity contribution in [3.63, 3.8) is 0 Å². The van der Waals surface area contributed by atoms with Crippen molar-refractivity contribution in [1.29, 1.82) is 0 Å². The molecule has 2 N–H and O–H groups in total. The second-order valence-corrected chi connectivity index (χ2v) is 6.43. The van der Waals surface area contributed by atoms with E-state index in [1.165, 1.54) is 18.5 Å². The van der Waals surface area contributed by atoms with Crippen LogP contribution in [0.3, 0.4) is 0 Å². The fourth-order valence-corrected chi connectivity index (χ4v) is 2.89. The molecule has 0 atom stereocenters. The van der Waals surface area contributed by atoms with Crippen LogP contribution in [0.25, 0.3) is 22.5 Å². The van der Waals surface area contributed by atoms with Gasteiger partial charge in [-0.1, -0.05) is 24.3 Å². The molecule has 5 nitrogen and oxygen atoms in total. The van der Waals surface area contributed by atoms with Gasteiger partial charge >= 0.3 is 0 Å². The topological polar surface area (TPSA) is 67.2 Å². The second kappa shape index (κ2) is 8.39. The minimum absolute atomic E-state index is 0.140. The molecule has 0 aliphatic carbocycles. The molecule has 29 heavy (non-hydrogen) atoms. The third kappa shape index (κ3) is 4.68. The van der Waals surface area contributed by atoms with Crippen LogP contribution in [0.5, 0.6) is 0 Å². The van der Waals surface area contributed by atoms with E-state index in [2.05, 4.69) is 15.6 Å². The molecule has 0 radical (unpaired) electrons. The lowest BCUT2D eigenvalue weighted by Crippen LogP contribution is -2.21. The Hall–Kier alpha value is -3.93. The minimum atomic E-state index is -0.266. The van der Waals surface area contributed by atoms with Gasteiger partial charge in [-0.3, -0.25) is 4.79 Å². The van der Waals surface area contributed by atoms with Crippen LogP contribution >= 0.6 is 0 Å². The maximum Gasteiger partial charge on any atom is 0.243 e. The van der Waals surface area contributed by atoms with Gasteiger partial charge in [0.05, 0.1) is 12.7 Å². The van der Waals surface area contributed by atoms with Crippen LogP contribution < -0.4 is 10.6 Å². The lowest BCUT2D eigenvalue weighted by molar-refractivity contribution is -0.114. The highest BCUT2D eigenvalue weighted by Gasteiger charge is 2.05. The summed E-state index contributed by atoms with van der Waals surface area (Å²) >= 11 is 0. The first-order valence-corrected chi connectivity index (χ1v) is 9.06. The standard InChI is InChI=1S/C23H18FN3O2/c24-19-7-1-16(2-8-19)17-3-11-21(12-4-17)27-23(28)14-26-20-9-5-18(6-10-20)22-13-25-15-29-22/h1-13,15,26H,14H2,(H,27,28). The second-order valence-electron chi connectivity index (χ2n) is 6.43. The number of halogens is 1. The summed E-state index contributed by atoms with van der Waals surface area (Å²) in [5.41, 5.74) is 4.31. The SMILES string of the molecule is O=C(CNc1ccc(-c2cnco2)cc1)Nc1ccc(-c2ccc(F)cc2)cc1. The van der Waals surface area contributed by atoms with Gasteiger partial charge in [-0.05, 0) is 59.7 Å². The molecule has 0 fully saturated rings. The van der Waals surface area contributed by atoms with Gasteiger partial charge in [-0.2, -0.15) is 0 Å². The third-order valence-electron chi connectivity index (χ3n) is 4.40. The maximum atomic E-state index is 13.0. The van der Waals surface area contributed by atoms with Crippen LogP contribution in [0.4, 0.5) is 15.8 Å². The van der Waals surface area contributed by atoms with Gasteiger partial charge in [0.1, 0.15) is 5.82 Å². The van der Waals surface area contributed by atoms with Gasteiger partial charge < -0.3 is 15.1 Å². The van der Waals surface area contributed by atoms with E-state index >= 15 is 0 Å². The van der Waals surface area contributed by atoms with Gasteiger partial charge in [0, 0.05) is 16.9 Å². The monoisotopic (exact) mass is 387 g/mol. The summed E-state index contributed by atoms with van der Waals surface area (Å²) < 4.78 is 18.3. The number of carbonyl (C=O) groups is 1. The lowest BCUT2D eigenvalue weighted by Gasteiger charge is -2.09. The smallest absolute Gasteiger partial charge is 0.243 e. The van der Waals surface area contributed by atoms with Crippen molar-refractivity contribution in [2.75, 3.05) is 17.2 Å². The highest BCUT2D eigenvalue weighted by molar-refractivity contribution is 5.94. The first-order chi connectivity index (χ1) is 14.2. The maximum absolute atomic E-state index is 13.0. The van der Waals surface area contributed by atoms with Gasteiger partial charge in [0.25, 0.3) is 0 Å². The Bertz CT molecular complexity index is 1070. The summed E-state index contributed by atoms with van der Waals surface area (Å²) in [5, 5.41) is 5.93. The highest BCUT2D eigenvalue weighted by atomic mass is 19.1. The summed E-state index contributed by atoms with van der Waals surface area (Å²) in [6, 6.07) is 21.3. The largest absolute Gasteiger partial charge is 0.444 e. The molecule has 1 amide bonds. The van der Waals surface area contributed by atoms with Gasteiger partial charge in [-0.25, -0.2) is 9.37 Å². The number of oxazole rings is 1. The minimum Gasteiger partial charge on any atom is -0.444 e. The van der Waals surface area contributed by atoms with Crippen molar-refractivity contribution in [1.82, 2.24) is 4.98 Å². The molecular weight excluding hydrogens is 369 g/mol. The summed E-state index contributed by atoms with van der Waals surface area (Å²) in [7, 11) is 0. The number of amides is 1. The molecule has 0 spiro atoms. The number of rotatable bonds is 6. The van der Waals surface area contributed by atoms with Crippen molar-refractivity contribution in [2.45, 2.75) is 0 Å². The van der Waals surface area contributed by atoms with E-state index in [4.69, 9.17) is 4.42 Å². The Morgan fingerprint density at radius 2 is 1.41 bits per heavy atom. The lowest BCUT2D eigenvalue weighted by atomic mass is 10.1. The highest BCUT2D eigenvalue weighted by Crippen LogP contribution is 2.22. The van der Waals surface area contributed by atoms with E-state index in [0.29, 0.717) is 11.4 Å². The average Bonchev–Trinajstić information content (AvgIpc) is 3.29. The molecule has 0 saturated carbocycles. The van der Waals surface area contributed by atoms with Crippen LogP contribution in [-0.2, 0) is 4.79 Å². The van der Waals surface area contributed by atoms with Crippen LogP contribution in [0.1, 0.15) is 0 Å². The number of carbonyl (C=O) groups excluding carboxylic acids is 1. The molecule has 1 aromatic heterocycles. The van der Waals surface area contributed by atoms with Crippen molar-refractivity contribution in [3.05, 3.63) is 91.2 Å². The number of benzene rings is 3. The fraction of sp³-hybridized carbons (Fsp3) is 0.0435. The summed E-state index contributed by atoms with van der Waals surface area (Å²) in [5.74, 6) is 0.273. The first-order valence-electron chi connectivity index (χ1n) is 9.06. The molecule has 144 valence electrons. The zero-order valence-corrected chi connectivity index (χ0v) is 15.4. The number of hydrogen-bond donors (Lipinski definition) is 2. The van der Waals surface area contributed by atoms with E-state index < -0.39 is 0 Å². The summed E-state index contributed by atoms with van der Waals surface area (Å²) in [4.78, 5) is 16.1. The normalized spacial score (nSPS) is 10.5. The number of nitrogens with one attached hydrogen (secondary N) is 2. The Kier molecular flexibility index (Phi) is 5.33. The molecule has 0 unspecified atom stereocenters. The molecule has 4 aromatic rings. The van der Waals surface area contributed by atoms with Crippen LogP contribution in [0.15, 0.2) is 89.8 Å². The van der Waals surface area contributed by atoms with Crippen LogP contribution in [0.2, 0.25) is 0 Å². The number of aromatic nitrogens is 1. The van der Waals surface area contributed by atoms with Gasteiger partial charge in [-0.15, -0.1) is 0 Å². The first kappa shape index (κ1) is 18.4. The Labute approximate surface area is 167 Å². The van der Waals surface area contributed by atoms with Gasteiger partial charge in [0.15, 0.2) is 12.2 Å². The van der Waals surface area contributed by atoms with Crippen LogP contribution in [-0.4, -0.2) is 17.4 Å². The van der Waals surface area contributed by atoms with Gasteiger partial charge in [0.2, 0.25) is 5.91 Å². The Balaban J connectivity index is 1.31. The molecule has 0 bridgehead atoms. The molecule has 1 heterocycles. The van der Waals surface area contributed by atoms with Crippen molar-refractivity contribution in [3.8, 4) is 22.5 Å². The predicted octanol–water partition coefficient (Wildman–Crippen LogP) is 5.20. The zero-order chi connectivity index (χ0) is 20.1. The van der Waals surface area contributed by atoms with E-state index in [1.807, 2.05) is 48.5 Å². The van der Waals surface area contributed by atoms with Crippen molar-refractivity contribution in [2.24, 2.45) is 0 Å². The van der Waals surface area contributed by atoms with Crippen molar-refractivity contribution >= 4 is 17.3 Å². The van der Waals surface area contributed by atoms with E-state index in [0.717, 1.165) is 22.4 Å². The third-order valence-corrected chi connectivity index (χ3v) is 4.40. The summed E-state index contributed by atoms with van der Waals surface area (Å²) in [6.07, 6.45) is 3.04. The summed E-state index contributed by atoms with van der Waals surface area (Å²) in [6.45, 7) is 0.140. The number of anilines is 2. The molecule has 4 rings (SSSR count). The number of nitrogens with zero attached hydrogens (tertiary/aromatic N) is 1. The molecule has 0 saturated heterocycles. The van der Waals surface area contributed by atoms with E-state index in [9.17, 15) is 9.18 Å². The quantitative estimate of drug-likeness (QED) is 0.477.